The lowest BCUT2D eigenvalue weighted by molar-refractivity contribution is -0.385. The van der Waals surface area contributed by atoms with Gasteiger partial charge in [-0.25, -0.2) is 4.79 Å². The SMILES string of the molecule is COc1ccc(NC(C)=O)cc1NC(=O)COC(=O)COc1ccccc1[N+](=O)[O-]. The molecule has 2 rings (SSSR count). The van der Waals surface area contributed by atoms with E-state index in [0.717, 1.165) is 0 Å². The van der Waals surface area contributed by atoms with Crippen molar-refractivity contribution < 1.29 is 33.5 Å². The van der Waals surface area contributed by atoms with Crippen LogP contribution in [-0.4, -0.2) is 43.0 Å². The Bertz CT molecular complexity index is 961. The third kappa shape index (κ3) is 6.48. The zero-order valence-electron chi connectivity index (χ0n) is 16.2. The lowest BCUT2D eigenvalue weighted by Crippen LogP contribution is -2.24. The van der Waals surface area contributed by atoms with Gasteiger partial charge in [0.2, 0.25) is 5.91 Å². The van der Waals surface area contributed by atoms with Crippen molar-refractivity contribution in [3.8, 4) is 11.5 Å². The molecule has 2 amide bonds. The maximum absolute atomic E-state index is 12.1. The predicted molar refractivity (Wildman–Crippen MR) is 105 cm³/mol. The second-order valence-electron chi connectivity index (χ2n) is 5.82. The molecule has 11 nitrogen and oxygen atoms in total. The zero-order chi connectivity index (χ0) is 22.1. The van der Waals surface area contributed by atoms with Gasteiger partial charge in [0, 0.05) is 18.7 Å². The summed E-state index contributed by atoms with van der Waals surface area (Å²) < 4.78 is 15.0. The molecule has 0 unspecified atom stereocenters. The number of nitro benzene ring substituents is 1. The van der Waals surface area contributed by atoms with Crippen LogP contribution in [0.3, 0.4) is 0 Å². The first-order chi connectivity index (χ1) is 14.3. The highest BCUT2D eigenvalue weighted by molar-refractivity contribution is 5.96. The largest absolute Gasteiger partial charge is 0.495 e. The number of methoxy groups -OCH3 is 1. The molecule has 0 aliphatic heterocycles. The summed E-state index contributed by atoms with van der Waals surface area (Å²) in [5.41, 5.74) is 0.406. The average molecular weight is 417 g/mol. The van der Waals surface area contributed by atoms with E-state index < -0.39 is 30.0 Å². The van der Waals surface area contributed by atoms with E-state index in [1.54, 1.807) is 12.1 Å². The maximum Gasteiger partial charge on any atom is 0.344 e. The first kappa shape index (κ1) is 22.1. The summed E-state index contributed by atoms with van der Waals surface area (Å²) >= 11 is 0. The number of rotatable bonds is 9. The number of amides is 2. The summed E-state index contributed by atoms with van der Waals surface area (Å²) in [6, 6.07) is 10.2. The van der Waals surface area contributed by atoms with E-state index in [4.69, 9.17) is 14.2 Å². The number of esters is 1. The van der Waals surface area contributed by atoms with Gasteiger partial charge < -0.3 is 24.8 Å². The van der Waals surface area contributed by atoms with E-state index in [1.165, 1.54) is 44.4 Å². The minimum atomic E-state index is -0.887. The van der Waals surface area contributed by atoms with E-state index in [9.17, 15) is 24.5 Å². The van der Waals surface area contributed by atoms with E-state index in [1.807, 2.05) is 0 Å². The Morgan fingerprint density at radius 1 is 1.03 bits per heavy atom. The summed E-state index contributed by atoms with van der Waals surface area (Å²) in [7, 11) is 1.41. The van der Waals surface area contributed by atoms with Gasteiger partial charge in [-0.05, 0) is 24.3 Å². The molecule has 0 atom stereocenters. The van der Waals surface area contributed by atoms with Gasteiger partial charge in [0.1, 0.15) is 5.75 Å². The highest BCUT2D eigenvalue weighted by Gasteiger charge is 2.16. The van der Waals surface area contributed by atoms with Crippen LogP contribution in [0.5, 0.6) is 11.5 Å². The third-order valence-electron chi connectivity index (χ3n) is 3.57. The number of anilines is 2. The highest BCUT2D eigenvalue weighted by atomic mass is 16.6. The number of para-hydroxylation sites is 2. The quantitative estimate of drug-likeness (QED) is 0.358. The summed E-state index contributed by atoms with van der Waals surface area (Å²) in [5.74, 6) is -1.59. The molecular weight excluding hydrogens is 398 g/mol. The van der Waals surface area contributed by atoms with E-state index >= 15 is 0 Å². The monoisotopic (exact) mass is 417 g/mol. The molecule has 30 heavy (non-hydrogen) atoms. The van der Waals surface area contributed by atoms with Crippen molar-refractivity contribution in [3.05, 3.63) is 52.6 Å². The molecule has 0 bridgehead atoms. The van der Waals surface area contributed by atoms with Gasteiger partial charge in [0.25, 0.3) is 5.91 Å². The smallest absolute Gasteiger partial charge is 0.344 e. The summed E-state index contributed by atoms with van der Waals surface area (Å²) in [6.07, 6.45) is 0. The van der Waals surface area contributed by atoms with Crippen LogP contribution in [0, 0.1) is 10.1 Å². The van der Waals surface area contributed by atoms with Gasteiger partial charge in [-0.2, -0.15) is 0 Å². The molecule has 158 valence electrons. The van der Waals surface area contributed by atoms with Crippen molar-refractivity contribution >= 4 is 34.8 Å². The molecule has 2 aromatic rings. The second-order valence-corrected chi connectivity index (χ2v) is 5.82. The molecule has 0 fully saturated rings. The van der Waals surface area contributed by atoms with Gasteiger partial charge in [0.15, 0.2) is 19.0 Å². The predicted octanol–water partition coefficient (Wildman–Crippen LogP) is 2.12. The molecule has 2 aromatic carbocycles. The van der Waals surface area contributed by atoms with Crippen LogP contribution >= 0.6 is 0 Å². The minimum absolute atomic E-state index is 0.0941. The van der Waals surface area contributed by atoms with Gasteiger partial charge in [-0.3, -0.25) is 19.7 Å². The molecule has 11 heteroatoms. The lowest BCUT2D eigenvalue weighted by atomic mass is 10.2. The number of nitrogens with one attached hydrogen (secondary N) is 2. The fraction of sp³-hybridized carbons (Fsp3) is 0.211. The standard InChI is InChI=1S/C19H19N3O8/c1-12(23)20-13-7-8-16(28-2)14(9-13)21-18(24)10-30-19(25)11-29-17-6-4-3-5-15(17)22(26)27/h3-9H,10-11H2,1-2H3,(H,20,23)(H,21,24). The van der Waals surface area contributed by atoms with E-state index in [-0.39, 0.29) is 23.0 Å². The van der Waals surface area contributed by atoms with Crippen molar-refractivity contribution in [2.45, 2.75) is 6.92 Å². The number of hydrogen-bond donors (Lipinski definition) is 2. The first-order valence-corrected chi connectivity index (χ1v) is 8.57. The Morgan fingerprint density at radius 2 is 1.77 bits per heavy atom. The number of nitrogens with zero attached hydrogens (tertiary/aromatic N) is 1. The minimum Gasteiger partial charge on any atom is -0.495 e. The van der Waals surface area contributed by atoms with Crippen LogP contribution in [0.2, 0.25) is 0 Å². The number of nitro groups is 1. The Hall–Kier alpha value is -4.15. The highest BCUT2D eigenvalue weighted by Crippen LogP contribution is 2.28. The summed E-state index contributed by atoms with van der Waals surface area (Å²) in [5, 5.41) is 16.0. The van der Waals surface area contributed by atoms with E-state index in [0.29, 0.717) is 11.4 Å². The average Bonchev–Trinajstić information content (AvgIpc) is 2.70. The molecule has 0 aromatic heterocycles. The molecule has 0 heterocycles. The van der Waals surface area contributed by atoms with Crippen LogP contribution in [-0.2, 0) is 19.1 Å². The van der Waals surface area contributed by atoms with Crippen molar-refractivity contribution in [2.24, 2.45) is 0 Å². The molecule has 0 aliphatic carbocycles. The van der Waals surface area contributed by atoms with Gasteiger partial charge in [-0.1, -0.05) is 12.1 Å². The Balaban J connectivity index is 1.89. The van der Waals surface area contributed by atoms with Gasteiger partial charge >= 0.3 is 11.7 Å². The molecule has 0 saturated carbocycles. The molecule has 0 saturated heterocycles. The van der Waals surface area contributed by atoms with Crippen LogP contribution in [0.15, 0.2) is 42.5 Å². The molecule has 0 radical (unpaired) electrons. The number of benzene rings is 2. The van der Waals surface area contributed by atoms with Gasteiger partial charge in [-0.15, -0.1) is 0 Å². The molecule has 2 N–H and O–H groups in total. The molecule has 0 aliphatic rings. The fourth-order valence-corrected chi connectivity index (χ4v) is 2.33. The van der Waals surface area contributed by atoms with Gasteiger partial charge in [0.05, 0.1) is 17.7 Å². The molecule has 0 spiro atoms. The third-order valence-corrected chi connectivity index (χ3v) is 3.57. The van der Waals surface area contributed by atoms with Crippen molar-refractivity contribution in [3.63, 3.8) is 0 Å². The summed E-state index contributed by atoms with van der Waals surface area (Å²) in [6.45, 7) is 0.111. The second kappa shape index (κ2) is 10.4. The topological polar surface area (TPSA) is 146 Å². The normalized spacial score (nSPS) is 9.93. The van der Waals surface area contributed by atoms with Crippen molar-refractivity contribution in [1.82, 2.24) is 0 Å². The Morgan fingerprint density at radius 3 is 2.43 bits per heavy atom. The first-order valence-electron chi connectivity index (χ1n) is 8.57. The van der Waals surface area contributed by atoms with Crippen LogP contribution in [0.4, 0.5) is 17.1 Å². The Kier molecular flexibility index (Phi) is 7.68. The number of carbonyl (C=O) groups excluding carboxylic acids is 3. The van der Waals surface area contributed by atoms with Crippen LogP contribution in [0.25, 0.3) is 0 Å². The number of ether oxygens (including phenoxy) is 3. The maximum atomic E-state index is 12.1. The number of carbonyl (C=O) groups is 3. The van der Waals surface area contributed by atoms with E-state index in [2.05, 4.69) is 10.6 Å². The Labute approximate surface area is 171 Å². The number of hydrogen-bond acceptors (Lipinski definition) is 8. The van der Waals surface area contributed by atoms with Crippen molar-refractivity contribution in [2.75, 3.05) is 31.0 Å². The van der Waals surface area contributed by atoms with Crippen molar-refractivity contribution in [1.29, 1.82) is 0 Å². The summed E-state index contributed by atoms with van der Waals surface area (Å²) in [4.78, 5) is 45.3. The zero-order valence-corrected chi connectivity index (χ0v) is 16.2. The fourth-order valence-electron chi connectivity index (χ4n) is 2.33. The van der Waals surface area contributed by atoms with Crippen LogP contribution in [0.1, 0.15) is 6.92 Å². The van der Waals surface area contributed by atoms with Crippen LogP contribution < -0.4 is 20.1 Å². The molecular formula is C19H19N3O8. The lowest BCUT2D eigenvalue weighted by Gasteiger charge is -2.12.